The van der Waals surface area contributed by atoms with Crippen molar-refractivity contribution < 1.29 is 31.2 Å². The smallest absolute Gasteiger partial charge is 0.357 e. The number of nitrogens with zero attached hydrogens (tertiary/aromatic N) is 2. The number of sulfonamides is 1. The van der Waals surface area contributed by atoms with Crippen LogP contribution in [0.5, 0.6) is 0 Å². The fraction of sp³-hybridized carbons (Fsp3) is 0.364. The third-order valence-electron chi connectivity index (χ3n) is 5.16. The molecule has 13 heteroatoms. The Morgan fingerprint density at radius 2 is 1.66 bits per heavy atom. The molecule has 0 aliphatic rings. The Balaban J connectivity index is 2.53. The lowest BCUT2D eigenvalue weighted by molar-refractivity contribution is -0.140. The predicted molar refractivity (Wildman–Crippen MR) is 129 cm³/mol. The van der Waals surface area contributed by atoms with E-state index in [4.69, 9.17) is 23.2 Å². The molecule has 1 atom stereocenters. The molecule has 0 saturated carbocycles. The summed E-state index contributed by atoms with van der Waals surface area (Å²) in [4.78, 5) is 27.1. The van der Waals surface area contributed by atoms with Gasteiger partial charge in [-0.15, -0.1) is 0 Å². The Morgan fingerprint density at radius 3 is 2.14 bits per heavy atom. The molecule has 192 valence electrons. The number of nitrogens with one attached hydrogen (secondary N) is 1. The summed E-state index contributed by atoms with van der Waals surface area (Å²) in [6, 6.07) is 7.26. The molecule has 0 aliphatic carbocycles. The number of likely N-dealkylation sites (N-methyl/N-ethyl adjacent to an activating group) is 1. The van der Waals surface area contributed by atoms with Gasteiger partial charge < -0.3 is 10.2 Å². The van der Waals surface area contributed by atoms with Gasteiger partial charge in [-0.1, -0.05) is 42.3 Å². The van der Waals surface area contributed by atoms with Crippen LogP contribution in [0.3, 0.4) is 0 Å². The van der Waals surface area contributed by atoms with E-state index >= 15 is 0 Å². The number of halogens is 5. The average Bonchev–Trinajstić information content (AvgIpc) is 2.77. The summed E-state index contributed by atoms with van der Waals surface area (Å²) in [5.41, 5.74) is -1.09. The molecule has 0 heterocycles. The molecule has 0 aromatic heterocycles. The van der Waals surface area contributed by atoms with Crippen molar-refractivity contribution in [1.82, 2.24) is 10.2 Å². The fourth-order valence-corrected chi connectivity index (χ4v) is 4.75. The largest absolute Gasteiger partial charge is 0.416 e. The van der Waals surface area contributed by atoms with Crippen molar-refractivity contribution in [3.8, 4) is 0 Å². The monoisotopic (exact) mass is 553 g/mol. The second kappa shape index (κ2) is 11.5. The Labute approximate surface area is 211 Å². The summed E-state index contributed by atoms with van der Waals surface area (Å²) in [6.07, 6.45) is -3.79. The Bertz CT molecular complexity index is 1170. The number of rotatable bonds is 9. The number of amides is 2. The number of hydrogen-bond donors (Lipinski definition) is 1. The molecule has 2 aromatic carbocycles. The second-order valence-corrected chi connectivity index (χ2v) is 10.3. The van der Waals surface area contributed by atoms with Crippen molar-refractivity contribution >= 4 is 50.7 Å². The summed E-state index contributed by atoms with van der Waals surface area (Å²) < 4.78 is 65.2. The molecule has 0 spiro atoms. The summed E-state index contributed by atoms with van der Waals surface area (Å²) in [5.74, 6) is -1.35. The minimum atomic E-state index is -4.72. The van der Waals surface area contributed by atoms with Gasteiger partial charge in [0.25, 0.3) is 0 Å². The zero-order chi connectivity index (χ0) is 26.6. The Hall–Kier alpha value is -2.50. The first-order chi connectivity index (χ1) is 16.2. The van der Waals surface area contributed by atoms with E-state index in [1.165, 1.54) is 19.2 Å². The highest BCUT2D eigenvalue weighted by Crippen LogP contribution is 2.32. The van der Waals surface area contributed by atoms with Crippen molar-refractivity contribution in [1.29, 1.82) is 0 Å². The van der Waals surface area contributed by atoms with Gasteiger partial charge in [-0.05, 0) is 36.8 Å². The first kappa shape index (κ1) is 28.7. The van der Waals surface area contributed by atoms with Gasteiger partial charge in [0.1, 0.15) is 12.6 Å². The number of benzene rings is 2. The zero-order valence-corrected chi connectivity index (χ0v) is 21.4. The molecular formula is C22H24Cl2F3N3O4S. The number of alkyl halides is 3. The normalized spacial score (nSPS) is 12.7. The van der Waals surface area contributed by atoms with Crippen LogP contribution in [-0.4, -0.2) is 51.0 Å². The van der Waals surface area contributed by atoms with Crippen LogP contribution >= 0.6 is 23.2 Å². The number of carbonyl (C=O) groups is 2. The second-order valence-electron chi connectivity index (χ2n) is 7.58. The van der Waals surface area contributed by atoms with Gasteiger partial charge in [-0.3, -0.25) is 13.9 Å². The molecule has 0 unspecified atom stereocenters. The van der Waals surface area contributed by atoms with Crippen LogP contribution < -0.4 is 9.62 Å². The maximum Gasteiger partial charge on any atom is 0.416 e. The molecule has 0 aliphatic heterocycles. The van der Waals surface area contributed by atoms with Crippen molar-refractivity contribution in [3.05, 3.63) is 63.6 Å². The lowest BCUT2D eigenvalue weighted by atomic mass is 10.1. The van der Waals surface area contributed by atoms with Gasteiger partial charge in [-0.25, -0.2) is 8.42 Å². The minimum absolute atomic E-state index is 0.163. The molecule has 2 rings (SSSR count). The van der Waals surface area contributed by atoms with E-state index in [0.717, 1.165) is 29.4 Å². The molecule has 2 amide bonds. The molecule has 1 N–H and O–H groups in total. The lowest BCUT2D eigenvalue weighted by Gasteiger charge is -2.33. The standard InChI is InChI=1S/C22H24Cl2F3N3O4S/c1-4-19(21(32)28-2)29(12-16-17(23)9-6-10-18(16)24)20(31)13-30(35(3,33)34)15-8-5-7-14(11-15)22(25,26)27/h5-11,19H,4,12-13H2,1-3H3,(H,28,32)/t19-/m1/s1. The van der Waals surface area contributed by atoms with Crippen LogP contribution in [-0.2, 0) is 32.3 Å². The van der Waals surface area contributed by atoms with Crippen molar-refractivity contribution in [2.75, 3.05) is 24.2 Å². The van der Waals surface area contributed by atoms with E-state index in [1.807, 2.05) is 0 Å². The molecule has 0 radical (unpaired) electrons. The first-order valence-corrected chi connectivity index (χ1v) is 12.9. The van der Waals surface area contributed by atoms with Crippen molar-refractivity contribution in [2.24, 2.45) is 0 Å². The molecule has 0 bridgehead atoms. The maximum atomic E-state index is 13.4. The molecule has 0 saturated heterocycles. The maximum absolute atomic E-state index is 13.4. The fourth-order valence-electron chi connectivity index (χ4n) is 3.39. The molecule has 7 nitrogen and oxygen atoms in total. The summed E-state index contributed by atoms with van der Waals surface area (Å²) >= 11 is 12.5. The quantitative estimate of drug-likeness (QED) is 0.500. The van der Waals surface area contributed by atoms with Crippen LogP contribution in [0.4, 0.5) is 18.9 Å². The van der Waals surface area contributed by atoms with E-state index in [0.29, 0.717) is 15.9 Å². The third-order valence-corrected chi connectivity index (χ3v) is 7.01. The highest BCUT2D eigenvalue weighted by atomic mass is 35.5. The van der Waals surface area contributed by atoms with Crippen LogP contribution in [0.1, 0.15) is 24.5 Å². The SMILES string of the molecule is CC[C@H](C(=O)NC)N(Cc1c(Cl)cccc1Cl)C(=O)CN(c1cccc(C(F)(F)F)c1)S(C)(=O)=O. The highest BCUT2D eigenvalue weighted by molar-refractivity contribution is 7.92. The number of carbonyl (C=O) groups excluding carboxylic acids is 2. The number of hydrogen-bond acceptors (Lipinski definition) is 4. The Morgan fingerprint density at radius 1 is 1.09 bits per heavy atom. The zero-order valence-electron chi connectivity index (χ0n) is 19.1. The lowest BCUT2D eigenvalue weighted by Crippen LogP contribution is -2.51. The topological polar surface area (TPSA) is 86.8 Å². The molecule has 2 aromatic rings. The van der Waals surface area contributed by atoms with Crippen LogP contribution in [0.2, 0.25) is 10.0 Å². The van der Waals surface area contributed by atoms with Gasteiger partial charge in [-0.2, -0.15) is 13.2 Å². The van der Waals surface area contributed by atoms with E-state index < -0.39 is 46.2 Å². The van der Waals surface area contributed by atoms with E-state index in [1.54, 1.807) is 13.0 Å². The first-order valence-electron chi connectivity index (χ1n) is 10.3. The van der Waals surface area contributed by atoms with Gasteiger partial charge in [0.15, 0.2) is 0 Å². The summed E-state index contributed by atoms with van der Waals surface area (Å²) in [6.45, 7) is 0.564. The summed E-state index contributed by atoms with van der Waals surface area (Å²) in [5, 5.41) is 2.89. The summed E-state index contributed by atoms with van der Waals surface area (Å²) in [7, 11) is -2.81. The average molecular weight is 554 g/mol. The van der Waals surface area contributed by atoms with Gasteiger partial charge >= 0.3 is 6.18 Å². The third kappa shape index (κ3) is 7.25. The molecule has 35 heavy (non-hydrogen) atoms. The van der Waals surface area contributed by atoms with Crippen molar-refractivity contribution in [2.45, 2.75) is 32.1 Å². The van der Waals surface area contributed by atoms with Crippen LogP contribution in [0.15, 0.2) is 42.5 Å². The van der Waals surface area contributed by atoms with Crippen LogP contribution in [0, 0.1) is 0 Å². The predicted octanol–water partition coefficient (Wildman–Crippen LogP) is 4.33. The Kier molecular flexibility index (Phi) is 9.43. The van der Waals surface area contributed by atoms with Gasteiger partial charge in [0, 0.05) is 29.2 Å². The van der Waals surface area contributed by atoms with E-state index in [2.05, 4.69) is 5.32 Å². The van der Waals surface area contributed by atoms with Gasteiger partial charge in [0.2, 0.25) is 21.8 Å². The molecular weight excluding hydrogens is 530 g/mol. The van der Waals surface area contributed by atoms with E-state index in [-0.39, 0.29) is 28.7 Å². The molecule has 0 fully saturated rings. The minimum Gasteiger partial charge on any atom is -0.357 e. The van der Waals surface area contributed by atoms with Crippen LogP contribution in [0.25, 0.3) is 0 Å². The van der Waals surface area contributed by atoms with Gasteiger partial charge in [0.05, 0.1) is 17.5 Å². The highest BCUT2D eigenvalue weighted by Gasteiger charge is 2.34. The van der Waals surface area contributed by atoms with Crippen molar-refractivity contribution in [3.63, 3.8) is 0 Å². The van der Waals surface area contributed by atoms with E-state index in [9.17, 15) is 31.2 Å². The number of anilines is 1.